The van der Waals surface area contributed by atoms with Crippen LogP contribution in [0.15, 0.2) is 12.2 Å². The van der Waals surface area contributed by atoms with E-state index in [1.54, 1.807) is 0 Å². The highest BCUT2D eigenvalue weighted by molar-refractivity contribution is 4.88. The SMILES string of the molecule is C=C(C)CCNCCOC1CCCCC1. The molecule has 0 aromatic heterocycles. The molecular weight excluding hydrogens is 186 g/mol. The zero-order valence-electron chi connectivity index (χ0n) is 10.1. The predicted molar refractivity (Wildman–Crippen MR) is 65.1 cm³/mol. The predicted octanol–water partition coefficient (Wildman–Crippen LogP) is 2.89. The molecule has 0 radical (unpaired) electrons. The summed E-state index contributed by atoms with van der Waals surface area (Å²) in [7, 11) is 0. The van der Waals surface area contributed by atoms with Crippen molar-refractivity contribution in [2.24, 2.45) is 0 Å². The van der Waals surface area contributed by atoms with Gasteiger partial charge in [-0.1, -0.05) is 24.8 Å². The molecule has 1 aliphatic rings. The third-order valence-electron chi connectivity index (χ3n) is 2.91. The molecule has 0 bridgehead atoms. The van der Waals surface area contributed by atoms with E-state index in [2.05, 4.69) is 18.8 Å². The summed E-state index contributed by atoms with van der Waals surface area (Å²) >= 11 is 0. The first-order chi connectivity index (χ1) is 7.29. The van der Waals surface area contributed by atoms with Gasteiger partial charge >= 0.3 is 0 Å². The van der Waals surface area contributed by atoms with Crippen molar-refractivity contribution in [3.8, 4) is 0 Å². The lowest BCUT2D eigenvalue weighted by Crippen LogP contribution is -2.25. The normalized spacial score (nSPS) is 17.9. The van der Waals surface area contributed by atoms with E-state index in [1.165, 1.54) is 37.7 Å². The topological polar surface area (TPSA) is 21.3 Å². The molecule has 1 saturated carbocycles. The van der Waals surface area contributed by atoms with Gasteiger partial charge in [-0.05, 0) is 32.7 Å². The molecule has 0 aliphatic heterocycles. The van der Waals surface area contributed by atoms with Gasteiger partial charge in [0.15, 0.2) is 0 Å². The van der Waals surface area contributed by atoms with Gasteiger partial charge in [0, 0.05) is 6.54 Å². The molecule has 0 aromatic carbocycles. The van der Waals surface area contributed by atoms with Crippen LogP contribution in [0.25, 0.3) is 0 Å². The fourth-order valence-electron chi connectivity index (χ4n) is 1.96. The molecule has 0 heterocycles. The van der Waals surface area contributed by atoms with Crippen LogP contribution in [0.4, 0.5) is 0 Å². The van der Waals surface area contributed by atoms with Crippen LogP contribution in [0.5, 0.6) is 0 Å². The van der Waals surface area contributed by atoms with E-state index in [1.807, 2.05) is 0 Å². The van der Waals surface area contributed by atoms with Crippen molar-refractivity contribution in [1.82, 2.24) is 5.32 Å². The molecule has 88 valence electrons. The molecule has 0 spiro atoms. The average Bonchev–Trinajstić information content (AvgIpc) is 2.24. The van der Waals surface area contributed by atoms with Gasteiger partial charge in [0.25, 0.3) is 0 Å². The van der Waals surface area contributed by atoms with E-state index in [0.717, 1.165) is 26.1 Å². The molecule has 0 unspecified atom stereocenters. The van der Waals surface area contributed by atoms with Crippen molar-refractivity contribution in [2.45, 2.75) is 51.6 Å². The van der Waals surface area contributed by atoms with Crippen molar-refractivity contribution >= 4 is 0 Å². The minimum atomic E-state index is 0.543. The molecule has 0 aromatic rings. The Balaban J connectivity index is 1.85. The number of nitrogens with one attached hydrogen (secondary N) is 1. The molecule has 15 heavy (non-hydrogen) atoms. The second-order valence-electron chi connectivity index (χ2n) is 4.59. The molecule has 1 aliphatic carbocycles. The molecule has 1 rings (SSSR count). The van der Waals surface area contributed by atoms with Gasteiger partial charge in [-0.3, -0.25) is 0 Å². The highest BCUT2D eigenvalue weighted by Gasteiger charge is 2.12. The van der Waals surface area contributed by atoms with Crippen LogP contribution in [0.1, 0.15) is 45.4 Å². The highest BCUT2D eigenvalue weighted by Crippen LogP contribution is 2.19. The van der Waals surface area contributed by atoms with Crippen molar-refractivity contribution in [3.63, 3.8) is 0 Å². The summed E-state index contributed by atoms with van der Waals surface area (Å²) in [4.78, 5) is 0. The van der Waals surface area contributed by atoms with Gasteiger partial charge in [-0.2, -0.15) is 0 Å². The molecule has 0 amide bonds. The summed E-state index contributed by atoms with van der Waals surface area (Å²) in [5, 5.41) is 3.37. The van der Waals surface area contributed by atoms with Gasteiger partial charge in [-0.15, -0.1) is 6.58 Å². The summed E-state index contributed by atoms with van der Waals surface area (Å²) in [6.45, 7) is 8.81. The van der Waals surface area contributed by atoms with Crippen molar-refractivity contribution < 1.29 is 4.74 Å². The maximum atomic E-state index is 5.81. The molecule has 0 atom stereocenters. The minimum absolute atomic E-state index is 0.543. The summed E-state index contributed by atoms with van der Waals surface area (Å²) in [5.41, 5.74) is 1.25. The van der Waals surface area contributed by atoms with Gasteiger partial charge in [0.2, 0.25) is 0 Å². The van der Waals surface area contributed by atoms with Gasteiger partial charge in [0.05, 0.1) is 12.7 Å². The molecular formula is C13H25NO. The smallest absolute Gasteiger partial charge is 0.0594 e. The van der Waals surface area contributed by atoms with Crippen molar-refractivity contribution in [3.05, 3.63) is 12.2 Å². The van der Waals surface area contributed by atoms with E-state index in [9.17, 15) is 0 Å². The Morgan fingerprint density at radius 3 is 2.67 bits per heavy atom. The minimum Gasteiger partial charge on any atom is -0.377 e. The van der Waals surface area contributed by atoms with E-state index < -0.39 is 0 Å². The summed E-state index contributed by atoms with van der Waals surface area (Å²) in [6, 6.07) is 0. The molecule has 1 fully saturated rings. The highest BCUT2D eigenvalue weighted by atomic mass is 16.5. The molecule has 2 nitrogen and oxygen atoms in total. The van der Waals surface area contributed by atoms with E-state index >= 15 is 0 Å². The van der Waals surface area contributed by atoms with Crippen LogP contribution in [0, 0.1) is 0 Å². The van der Waals surface area contributed by atoms with Crippen LogP contribution in [-0.4, -0.2) is 25.8 Å². The lowest BCUT2D eigenvalue weighted by Gasteiger charge is -2.22. The maximum absolute atomic E-state index is 5.81. The maximum Gasteiger partial charge on any atom is 0.0594 e. The first-order valence-corrected chi connectivity index (χ1v) is 6.26. The zero-order chi connectivity index (χ0) is 10.9. The molecule has 1 N–H and O–H groups in total. The largest absolute Gasteiger partial charge is 0.377 e. The fraction of sp³-hybridized carbons (Fsp3) is 0.846. The summed E-state index contributed by atoms with van der Waals surface area (Å²) < 4.78 is 5.81. The van der Waals surface area contributed by atoms with Gasteiger partial charge in [-0.25, -0.2) is 0 Å². The second-order valence-corrected chi connectivity index (χ2v) is 4.59. The van der Waals surface area contributed by atoms with Crippen molar-refractivity contribution in [1.29, 1.82) is 0 Å². The van der Waals surface area contributed by atoms with Crippen LogP contribution in [0.2, 0.25) is 0 Å². The Morgan fingerprint density at radius 2 is 2.00 bits per heavy atom. The summed E-state index contributed by atoms with van der Waals surface area (Å²) in [5.74, 6) is 0. The number of hydrogen-bond donors (Lipinski definition) is 1. The summed E-state index contributed by atoms with van der Waals surface area (Å²) in [6.07, 6.45) is 8.26. The number of rotatable bonds is 7. The quantitative estimate of drug-likeness (QED) is 0.516. The molecule has 0 saturated heterocycles. The lowest BCUT2D eigenvalue weighted by molar-refractivity contribution is 0.0304. The van der Waals surface area contributed by atoms with Crippen LogP contribution >= 0.6 is 0 Å². The second kappa shape index (κ2) is 7.89. The van der Waals surface area contributed by atoms with Crippen LogP contribution in [0.3, 0.4) is 0 Å². The molecule has 2 heteroatoms. The van der Waals surface area contributed by atoms with Gasteiger partial charge < -0.3 is 10.1 Å². The Labute approximate surface area is 94.1 Å². The Bertz CT molecular complexity index is 173. The van der Waals surface area contributed by atoms with Crippen molar-refractivity contribution in [2.75, 3.05) is 19.7 Å². The number of hydrogen-bond acceptors (Lipinski definition) is 2. The Morgan fingerprint density at radius 1 is 1.27 bits per heavy atom. The number of ether oxygens (including phenoxy) is 1. The fourth-order valence-corrected chi connectivity index (χ4v) is 1.96. The zero-order valence-corrected chi connectivity index (χ0v) is 10.1. The first kappa shape index (κ1) is 12.7. The van der Waals surface area contributed by atoms with Crippen LogP contribution < -0.4 is 5.32 Å². The van der Waals surface area contributed by atoms with Crippen LogP contribution in [-0.2, 0) is 4.74 Å². The Hall–Kier alpha value is -0.340. The first-order valence-electron chi connectivity index (χ1n) is 6.26. The van der Waals surface area contributed by atoms with E-state index in [-0.39, 0.29) is 0 Å². The monoisotopic (exact) mass is 211 g/mol. The third-order valence-corrected chi connectivity index (χ3v) is 2.91. The standard InChI is InChI=1S/C13H25NO/c1-12(2)8-9-14-10-11-15-13-6-4-3-5-7-13/h13-14H,1,3-11H2,2H3. The average molecular weight is 211 g/mol. The van der Waals surface area contributed by atoms with E-state index in [4.69, 9.17) is 4.74 Å². The van der Waals surface area contributed by atoms with E-state index in [0.29, 0.717) is 6.10 Å². The Kier molecular flexibility index (Phi) is 6.69. The van der Waals surface area contributed by atoms with Gasteiger partial charge in [0.1, 0.15) is 0 Å². The lowest BCUT2D eigenvalue weighted by atomic mass is 9.98. The third kappa shape index (κ3) is 6.69.